The standard InChI is InChI=1S/C30H36ClN3O4S/c1-19(2)24-7-6-8-25(20(3)4)26(24)18-29(35)34-39(32,37)23-12-9-21(10-13-23)15-16-33-30(36)27-17-22(31)11-14-28(27)38-5/h6-14,17,19-20H,15-16,18H2,1-5H3,(H,33,36)(H2,32,34,35,37). The molecule has 0 aliphatic rings. The highest BCUT2D eigenvalue weighted by molar-refractivity contribution is 7.91. The predicted octanol–water partition coefficient (Wildman–Crippen LogP) is 6.04. The Labute approximate surface area is 236 Å². The molecule has 0 saturated heterocycles. The van der Waals surface area contributed by atoms with Crippen molar-refractivity contribution in [3.05, 3.63) is 93.5 Å². The molecule has 3 aromatic rings. The van der Waals surface area contributed by atoms with Crippen molar-refractivity contribution in [2.24, 2.45) is 9.50 Å². The summed E-state index contributed by atoms with van der Waals surface area (Å²) in [5.74, 6) is 0.0937. The van der Waals surface area contributed by atoms with Crippen molar-refractivity contribution in [3.63, 3.8) is 0 Å². The molecule has 0 aliphatic heterocycles. The van der Waals surface area contributed by atoms with Crippen molar-refractivity contribution in [1.29, 1.82) is 0 Å². The van der Waals surface area contributed by atoms with Crippen LogP contribution in [0, 0.1) is 0 Å². The summed E-state index contributed by atoms with van der Waals surface area (Å²) in [6.07, 6.45) is 0.575. The van der Waals surface area contributed by atoms with Gasteiger partial charge in [-0.3, -0.25) is 9.59 Å². The zero-order valence-corrected chi connectivity index (χ0v) is 24.6. The van der Waals surface area contributed by atoms with Gasteiger partial charge in [-0.25, -0.2) is 9.35 Å². The van der Waals surface area contributed by atoms with E-state index >= 15 is 0 Å². The maximum Gasteiger partial charge on any atom is 0.259 e. The van der Waals surface area contributed by atoms with Gasteiger partial charge in [-0.15, -0.1) is 4.36 Å². The highest BCUT2D eigenvalue weighted by Gasteiger charge is 2.18. The predicted molar refractivity (Wildman–Crippen MR) is 157 cm³/mol. The van der Waals surface area contributed by atoms with E-state index in [1.54, 1.807) is 42.5 Å². The average Bonchev–Trinajstić information content (AvgIpc) is 2.88. The smallest absolute Gasteiger partial charge is 0.259 e. The van der Waals surface area contributed by atoms with Crippen LogP contribution in [0.2, 0.25) is 5.02 Å². The van der Waals surface area contributed by atoms with E-state index < -0.39 is 15.8 Å². The third-order valence-electron chi connectivity index (χ3n) is 6.42. The van der Waals surface area contributed by atoms with Gasteiger partial charge in [0.2, 0.25) is 0 Å². The summed E-state index contributed by atoms with van der Waals surface area (Å²) in [5, 5.41) is 9.33. The summed E-state index contributed by atoms with van der Waals surface area (Å²) in [6.45, 7) is 8.69. The summed E-state index contributed by atoms with van der Waals surface area (Å²) in [4.78, 5) is 25.7. The van der Waals surface area contributed by atoms with E-state index in [0.717, 1.165) is 22.3 Å². The van der Waals surface area contributed by atoms with Gasteiger partial charge < -0.3 is 10.1 Å². The molecule has 7 nitrogen and oxygen atoms in total. The van der Waals surface area contributed by atoms with Crippen molar-refractivity contribution in [1.82, 2.24) is 5.32 Å². The van der Waals surface area contributed by atoms with Crippen molar-refractivity contribution in [2.75, 3.05) is 13.7 Å². The fraction of sp³-hybridized carbons (Fsp3) is 0.333. The van der Waals surface area contributed by atoms with Crippen molar-refractivity contribution >= 4 is 33.3 Å². The zero-order valence-electron chi connectivity index (χ0n) is 23.0. The lowest BCUT2D eigenvalue weighted by Crippen LogP contribution is -2.26. The van der Waals surface area contributed by atoms with E-state index in [-0.39, 0.29) is 29.1 Å². The monoisotopic (exact) mass is 569 g/mol. The normalized spacial score (nSPS) is 12.7. The van der Waals surface area contributed by atoms with Crippen LogP contribution in [-0.4, -0.2) is 29.7 Å². The van der Waals surface area contributed by atoms with Crippen LogP contribution < -0.4 is 15.2 Å². The Hall–Kier alpha value is -3.20. The Morgan fingerprint density at radius 2 is 1.62 bits per heavy atom. The van der Waals surface area contributed by atoms with E-state index in [4.69, 9.17) is 21.5 Å². The zero-order chi connectivity index (χ0) is 28.7. The average molecular weight is 570 g/mol. The molecule has 3 aromatic carbocycles. The molecule has 0 heterocycles. The second-order valence-corrected chi connectivity index (χ2v) is 12.2. The van der Waals surface area contributed by atoms with Gasteiger partial charge in [-0.05, 0) is 70.8 Å². The maximum atomic E-state index is 13.2. The molecule has 3 rings (SSSR count). The first-order chi connectivity index (χ1) is 18.4. The Morgan fingerprint density at radius 1 is 1.00 bits per heavy atom. The lowest BCUT2D eigenvalue weighted by atomic mass is 9.87. The van der Waals surface area contributed by atoms with Gasteiger partial charge in [0.1, 0.15) is 15.7 Å². The first-order valence-corrected chi connectivity index (χ1v) is 14.8. The minimum atomic E-state index is -3.42. The van der Waals surface area contributed by atoms with E-state index in [1.807, 2.05) is 18.2 Å². The fourth-order valence-electron chi connectivity index (χ4n) is 4.42. The molecule has 1 unspecified atom stereocenters. The van der Waals surface area contributed by atoms with E-state index in [2.05, 4.69) is 37.4 Å². The first kappa shape index (κ1) is 30.3. The number of carbonyl (C=O) groups is 2. The highest BCUT2D eigenvalue weighted by Crippen LogP contribution is 2.28. The quantitative estimate of drug-likeness (QED) is 0.310. The van der Waals surface area contributed by atoms with Gasteiger partial charge in [-0.1, -0.05) is 69.6 Å². The lowest BCUT2D eigenvalue weighted by molar-refractivity contribution is -0.117. The van der Waals surface area contributed by atoms with Crippen LogP contribution in [0.1, 0.15) is 72.1 Å². The minimum absolute atomic E-state index is 0.0469. The third kappa shape index (κ3) is 7.91. The van der Waals surface area contributed by atoms with Crippen LogP contribution in [-0.2, 0) is 27.6 Å². The number of amides is 2. The molecule has 2 amide bonds. The molecule has 0 saturated carbocycles. The van der Waals surface area contributed by atoms with Gasteiger partial charge in [0, 0.05) is 11.6 Å². The molecule has 39 heavy (non-hydrogen) atoms. The van der Waals surface area contributed by atoms with Crippen LogP contribution in [0.4, 0.5) is 0 Å². The van der Waals surface area contributed by atoms with E-state index in [1.165, 1.54) is 7.11 Å². The molecule has 0 fully saturated rings. The van der Waals surface area contributed by atoms with Crippen LogP contribution in [0.15, 0.2) is 69.9 Å². The number of nitrogens with one attached hydrogen (secondary N) is 1. The fourth-order valence-corrected chi connectivity index (χ4v) is 5.59. The van der Waals surface area contributed by atoms with Gasteiger partial charge in [0.05, 0.1) is 24.0 Å². The molecule has 0 spiro atoms. The first-order valence-electron chi connectivity index (χ1n) is 12.8. The Bertz CT molecular complexity index is 1430. The van der Waals surface area contributed by atoms with Crippen LogP contribution in [0.25, 0.3) is 0 Å². The lowest BCUT2D eigenvalue weighted by Gasteiger charge is -2.18. The number of nitrogens with two attached hydrogens (primary N) is 1. The SMILES string of the molecule is COc1ccc(Cl)cc1C(=O)NCCc1ccc(S(N)(=O)=NC(=O)Cc2c(C(C)C)cccc2C(C)C)cc1. The number of rotatable bonds is 10. The Balaban J connectivity index is 1.68. The molecule has 0 radical (unpaired) electrons. The van der Waals surface area contributed by atoms with Crippen molar-refractivity contribution < 1.29 is 18.5 Å². The minimum Gasteiger partial charge on any atom is -0.496 e. The molecule has 0 aromatic heterocycles. The Kier molecular flexibility index (Phi) is 10.3. The summed E-state index contributed by atoms with van der Waals surface area (Å²) >= 11 is 6.01. The third-order valence-corrected chi connectivity index (χ3v) is 8.08. The second kappa shape index (κ2) is 13.2. The molecule has 0 bridgehead atoms. The number of nitrogens with zero attached hydrogens (tertiary/aromatic N) is 1. The highest BCUT2D eigenvalue weighted by atomic mass is 35.5. The molecule has 208 valence electrons. The maximum absolute atomic E-state index is 13.2. The van der Waals surface area contributed by atoms with Crippen molar-refractivity contribution in [2.45, 2.75) is 57.3 Å². The second-order valence-electron chi connectivity index (χ2n) is 9.95. The molecule has 3 N–H and O–H groups in total. The largest absolute Gasteiger partial charge is 0.496 e. The molecule has 9 heteroatoms. The number of hydrogen-bond donors (Lipinski definition) is 2. The van der Waals surface area contributed by atoms with Crippen LogP contribution >= 0.6 is 11.6 Å². The number of halogens is 1. The van der Waals surface area contributed by atoms with Gasteiger partial charge in [0.25, 0.3) is 11.8 Å². The molecular weight excluding hydrogens is 534 g/mol. The topological polar surface area (TPSA) is 111 Å². The molecule has 1 atom stereocenters. The Morgan fingerprint density at radius 3 is 2.18 bits per heavy atom. The van der Waals surface area contributed by atoms with Gasteiger partial charge >= 0.3 is 0 Å². The number of hydrogen-bond acceptors (Lipinski definition) is 4. The van der Waals surface area contributed by atoms with E-state index in [0.29, 0.717) is 29.3 Å². The molecular formula is C30H36ClN3O4S. The van der Waals surface area contributed by atoms with Gasteiger partial charge in [-0.2, -0.15) is 0 Å². The van der Waals surface area contributed by atoms with Crippen LogP contribution in [0.3, 0.4) is 0 Å². The van der Waals surface area contributed by atoms with E-state index in [9.17, 15) is 13.8 Å². The number of ether oxygens (including phenoxy) is 1. The van der Waals surface area contributed by atoms with Crippen molar-refractivity contribution in [3.8, 4) is 5.75 Å². The summed E-state index contributed by atoms with van der Waals surface area (Å²) < 4.78 is 22.4. The summed E-state index contributed by atoms with van der Waals surface area (Å²) in [6, 6.07) is 17.6. The summed E-state index contributed by atoms with van der Waals surface area (Å²) in [5.41, 5.74) is 4.34. The number of carbonyl (C=O) groups excluding carboxylic acids is 2. The molecule has 0 aliphatic carbocycles. The van der Waals surface area contributed by atoms with Gasteiger partial charge in [0.15, 0.2) is 0 Å². The summed E-state index contributed by atoms with van der Waals surface area (Å²) in [7, 11) is -1.92. The number of methoxy groups -OCH3 is 1. The number of benzene rings is 3. The van der Waals surface area contributed by atoms with Crippen LogP contribution in [0.5, 0.6) is 5.75 Å².